The van der Waals surface area contributed by atoms with Crippen LogP contribution in [-0.2, 0) is 11.3 Å². The van der Waals surface area contributed by atoms with Crippen LogP contribution in [0.4, 0.5) is 5.69 Å². The van der Waals surface area contributed by atoms with Gasteiger partial charge in [-0.05, 0) is 49.1 Å². The maximum absolute atomic E-state index is 12.7. The number of benzene rings is 2. The van der Waals surface area contributed by atoms with Crippen molar-refractivity contribution < 1.29 is 14.7 Å². The van der Waals surface area contributed by atoms with Gasteiger partial charge in [-0.2, -0.15) is 0 Å². The van der Waals surface area contributed by atoms with Gasteiger partial charge in [0.05, 0.1) is 0 Å². The third-order valence-electron chi connectivity index (χ3n) is 5.86. The number of aliphatic carboxylic acids is 1. The predicted octanol–water partition coefficient (Wildman–Crippen LogP) is 4.14. The Kier molecular flexibility index (Phi) is 6.56. The number of carboxylic acids is 1. The number of nitrogens with zero attached hydrogens (tertiary/aromatic N) is 3. The number of carboxylic acid groups (broad SMARTS) is 1. The number of piperidine rings is 1. The molecule has 0 radical (unpaired) electrons. The summed E-state index contributed by atoms with van der Waals surface area (Å²) >= 11 is 0. The number of nitrogens with one attached hydrogen (secondary N) is 1. The Morgan fingerprint density at radius 3 is 2.53 bits per heavy atom. The van der Waals surface area contributed by atoms with Crippen molar-refractivity contribution in [1.29, 1.82) is 0 Å². The number of rotatable bonds is 6. The van der Waals surface area contributed by atoms with Crippen molar-refractivity contribution in [2.75, 3.05) is 11.9 Å². The summed E-state index contributed by atoms with van der Waals surface area (Å²) in [7, 11) is 0. The molecule has 1 aliphatic rings. The van der Waals surface area contributed by atoms with Crippen LogP contribution in [0.25, 0.3) is 11.1 Å². The van der Waals surface area contributed by atoms with Crippen molar-refractivity contribution in [2.45, 2.75) is 38.8 Å². The zero-order chi connectivity index (χ0) is 22.5. The Morgan fingerprint density at radius 2 is 1.81 bits per heavy atom. The van der Waals surface area contributed by atoms with Gasteiger partial charge in [-0.15, -0.1) is 0 Å². The summed E-state index contributed by atoms with van der Waals surface area (Å²) in [5.41, 5.74) is 4.60. The molecule has 2 heterocycles. The van der Waals surface area contributed by atoms with Crippen molar-refractivity contribution in [1.82, 2.24) is 14.9 Å². The van der Waals surface area contributed by atoms with Crippen LogP contribution >= 0.6 is 0 Å². The van der Waals surface area contributed by atoms with Gasteiger partial charge >= 0.3 is 5.97 Å². The zero-order valence-electron chi connectivity index (χ0n) is 18.0. The average Bonchev–Trinajstić information content (AvgIpc) is 2.81. The minimum absolute atomic E-state index is 0.0756. The fourth-order valence-electron chi connectivity index (χ4n) is 4.13. The Morgan fingerprint density at radius 1 is 1.06 bits per heavy atom. The molecule has 1 saturated heterocycles. The van der Waals surface area contributed by atoms with E-state index in [1.165, 1.54) is 0 Å². The third kappa shape index (κ3) is 4.84. The van der Waals surface area contributed by atoms with E-state index in [2.05, 4.69) is 15.3 Å². The lowest BCUT2D eigenvalue weighted by molar-refractivity contribution is -0.144. The van der Waals surface area contributed by atoms with E-state index in [-0.39, 0.29) is 11.7 Å². The molecule has 0 spiro atoms. The van der Waals surface area contributed by atoms with E-state index >= 15 is 0 Å². The Labute approximate surface area is 187 Å². The molecule has 1 fully saturated rings. The summed E-state index contributed by atoms with van der Waals surface area (Å²) in [5, 5.41) is 12.3. The van der Waals surface area contributed by atoms with Gasteiger partial charge in [-0.1, -0.05) is 48.9 Å². The van der Waals surface area contributed by atoms with Crippen molar-refractivity contribution in [3.05, 3.63) is 77.9 Å². The van der Waals surface area contributed by atoms with Crippen LogP contribution in [0.3, 0.4) is 0 Å². The van der Waals surface area contributed by atoms with Crippen molar-refractivity contribution >= 4 is 17.6 Å². The minimum atomic E-state index is -0.797. The number of hydrogen-bond acceptors (Lipinski definition) is 5. The second-order valence-electron chi connectivity index (χ2n) is 8.03. The zero-order valence-corrected chi connectivity index (χ0v) is 18.0. The molecule has 4 rings (SSSR count). The third-order valence-corrected chi connectivity index (χ3v) is 5.86. The standard InChI is InChI=1S/C25H26N4O3/c1-17-20(19-8-3-2-4-9-19)10-7-11-21(17)28-24(30)23-26-14-18(15-27-23)16-29-13-6-5-12-22(29)25(31)32/h2-4,7-11,14-15,22H,5-6,12-13,16H2,1H3,(H,28,30)(H,31,32)/t22-/m0/s1. The number of amides is 1. The number of aromatic nitrogens is 2. The maximum Gasteiger partial charge on any atom is 0.320 e. The van der Waals surface area contributed by atoms with Crippen LogP contribution in [-0.4, -0.2) is 44.4 Å². The lowest BCUT2D eigenvalue weighted by Gasteiger charge is -2.32. The van der Waals surface area contributed by atoms with E-state index in [9.17, 15) is 14.7 Å². The fraction of sp³-hybridized carbons (Fsp3) is 0.280. The average molecular weight is 431 g/mol. The van der Waals surface area contributed by atoms with Gasteiger partial charge in [0.25, 0.3) is 5.91 Å². The Hall–Kier alpha value is -3.58. The first-order valence-corrected chi connectivity index (χ1v) is 10.8. The molecule has 0 unspecified atom stereocenters. The maximum atomic E-state index is 12.7. The summed E-state index contributed by atoms with van der Waals surface area (Å²) in [6, 6.07) is 15.3. The predicted molar refractivity (Wildman–Crippen MR) is 122 cm³/mol. The monoisotopic (exact) mass is 430 g/mol. The van der Waals surface area contributed by atoms with Gasteiger partial charge < -0.3 is 10.4 Å². The number of likely N-dealkylation sites (tertiary alicyclic amines) is 1. The normalized spacial score (nSPS) is 16.5. The van der Waals surface area contributed by atoms with Gasteiger partial charge in [-0.25, -0.2) is 9.97 Å². The first-order valence-electron chi connectivity index (χ1n) is 10.8. The Bertz CT molecular complexity index is 1100. The Balaban J connectivity index is 1.45. The van der Waals surface area contributed by atoms with Crippen LogP contribution < -0.4 is 5.32 Å². The van der Waals surface area contributed by atoms with Crippen LogP contribution in [0.1, 0.15) is 41.0 Å². The largest absolute Gasteiger partial charge is 0.480 e. The molecule has 0 aliphatic carbocycles. The molecule has 1 aliphatic heterocycles. The van der Waals surface area contributed by atoms with Gasteiger partial charge in [0, 0.05) is 30.2 Å². The van der Waals surface area contributed by atoms with Gasteiger partial charge in [0.1, 0.15) is 6.04 Å². The summed E-state index contributed by atoms with van der Waals surface area (Å²) in [4.78, 5) is 34.6. The van der Waals surface area contributed by atoms with E-state index in [1.54, 1.807) is 12.4 Å². The smallest absolute Gasteiger partial charge is 0.320 e. The second kappa shape index (κ2) is 9.70. The molecule has 3 aromatic rings. The van der Waals surface area contributed by atoms with E-state index in [4.69, 9.17) is 0 Å². The van der Waals surface area contributed by atoms with Crippen molar-refractivity contribution in [3.8, 4) is 11.1 Å². The fourth-order valence-corrected chi connectivity index (χ4v) is 4.13. The molecular weight excluding hydrogens is 404 g/mol. The van der Waals surface area contributed by atoms with Crippen LogP contribution in [0, 0.1) is 6.92 Å². The number of carbonyl (C=O) groups excluding carboxylic acids is 1. The van der Waals surface area contributed by atoms with Crippen molar-refractivity contribution in [2.24, 2.45) is 0 Å². The molecule has 7 nitrogen and oxygen atoms in total. The van der Waals surface area contributed by atoms with Gasteiger partial charge in [0.2, 0.25) is 5.82 Å². The highest BCUT2D eigenvalue weighted by Crippen LogP contribution is 2.28. The first kappa shape index (κ1) is 21.6. The number of carbonyl (C=O) groups is 2. The molecule has 2 aromatic carbocycles. The minimum Gasteiger partial charge on any atom is -0.480 e. The lowest BCUT2D eigenvalue weighted by atomic mass is 9.99. The SMILES string of the molecule is Cc1c(NC(=O)c2ncc(CN3CCCC[C@H]3C(=O)O)cn2)cccc1-c1ccccc1. The van der Waals surface area contributed by atoms with Crippen LogP contribution in [0.15, 0.2) is 60.9 Å². The highest BCUT2D eigenvalue weighted by molar-refractivity contribution is 6.02. The molecule has 7 heteroatoms. The molecule has 2 N–H and O–H groups in total. The lowest BCUT2D eigenvalue weighted by Crippen LogP contribution is -2.44. The molecule has 164 valence electrons. The molecular formula is C25H26N4O3. The van der Waals surface area contributed by atoms with Gasteiger partial charge in [-0.3, -0.25) is 14.5 Å². The van der Waals surface area contributed by atoms with E-state index in [1.807, 2.05) is 60.4 Å². The topological polar surface area (TPSA) is 95.4 Å². The molecule has 1 atom stereocenters. The van der Waals surface area contributed by atoms with Crippen LogP contribution in [0.5, 0.6) is 0 Å². The molecule has 1 amide bonds. The summed E-state index contributed by atoms with van der Waals surface area (Å²) in [6.45, 7) is 3.16. The highest BCUT2D eigenvalue weighted by atomic mass is 16.4. The summed E-state index contributed by atoms with van der Waals surface area (Å²) in [5.74, 6) is -1.10. The first-order chi connectivity index (χ1) is 15.5. The van der Waals surface area contributed by atoms with E-state index in [0.717, 1.165) is 41.6 Å². The van der Waals surface area contributed by atoms with E-state index in [0.29, 0.717) is 18.7 Å². The second-order valence-corrected chi connectivity index (χ2v) is 8.03. The molecule has 0 saturated carbocycles. The molecule has 0 bridgehead atoms. The van der Waals surface area contributed by atoms with Crippen LogP contribution in [0.2, 0.25) is 0 Å². The molecule has 32 heavy (non-hydrogen) atoms. The van der Waals surface area contributed by atoms with Gasteiger partial charge in [0.15, 0.2) is 0 Å². The molecule has 1 aromatic heterocycles. The number of anilines is 1. The summed E-state index contributed by atoms with van der Waals surface area (Å²) < 4.78 is 0. The number of hydrogen-bond donors (Lipinski definition) is 2. The van der Waals surface area contributed by atoms with Crippen molar-refractivity contribution in [3.63, 3.8) is 0 Å². The summed E-state index contributed by atoms with van der Waals surface area (Å²) in [6.07, 6.45) is 5.75. The quantitative estimate of drug-likeness (QED) is 0.610. The van der Waals surface area contributed by atoms with E-state index < -0.39 is 12.0 Å². The highest BCUT2D eigenvalue weighted by Gasteiger charge is 2.28.